The fourth-order valence-electron chi connectivity index (χ4n) is 2.23. The number of hydrogen-bond acceptors (Lipinski definition) is 4. The average molecular weight is 300 g/mol. The highest BCUT2D eigenvalue weighted by molar-refractivity contribution is 6.30. The molecule has 1 aromatic rings. The Morgan fingerprint density at radius 3 is 2.85 bits per heavy atom. The first-order valence-electron chi connectivity index (χ1n) is 6.99. The summed E-state index contributed by atoms with van der Waals surface area (Å²) in [7, 11) is 1.72. The van der Waals surface area contributed by atoms with E-state index in [4.69, 9.17) is 25.8 Å². The predicted molar refractivity (Wildman–Crippen MR) is 79.6 cm³/mol. The van der Waals surface area contributed by atoms with Crippen molar-refractivity contribution < 1.29 is 14.2 Å². The fourth-order valence-corrected chi connectivity index (χ4v) is 2.36. The van der Waals surface area contributed by atoms with Crippen molar-refractivity contribution in [2.24, 2.45) is 0 Å². The standard InChI is InChI=1S/C15H22ClNO3/c1-18-9-6-15-12-17(8-11-20-15)7-10-19-14-4-2-13(16)3-5-14/h2-5,15H,6-12H2,1H3. The number of nitrogens with zero attached hydrogens (tertiary/aromatic N) is 1. The maximum absolute atomic E-state index is 5.84. The van der Waals surface area contributed by atoms with Crippen molar-refractivity contribution in [3.8, 4) is 5.75 Å². The molecule has 1 aliphatic heterocycles. The molecule has 112 valence electrons. The Kier molecular flexibility index (Phi) is 6.60. The van der Waals surface area contributed by atoms with Crippen LogP contribution in [0.4, 0.5) is 0 Å². The summed E-state index contributed by atoms with van der Waals surface area (Å²) in [5, 5.41) is 0.728. The summed E-state index contributed by atoms with van der Waals surface area (Å²) in [6, 6.07) is 7.46. The average Bonchev–Trinajstić information content (AvgIpc) is 2.48. The summed E-state index contributed by atoms with van der Waals surface area (Å²) < 4.78 is 16.5. The molecular weight excluding hydrogens is 278 g/mol. The van der Waals surface area contributed by atoms with Crippen LogP contribution in [-0.4, -0.2) is 57.6 Å². The maximum Gasteiger partial charge on any atom is 0.119 e. The van der Waals surface area contributed by atoms with Crippen LogP contribution in [-0.2, 0) is 9.47 Å². The molecule has 0 saturated carbocycles. The van der Waals surface area contributed by atoms with Gasteiger partial charge in [0.05, 0.1) is 12.7 Å². The number of methoxy groups -OCH3 is 1. The smallest absolute Gasteiger partial charge is 0.119 e. The van der Waals surface area contributed by atoms with E-state index in [9.17, 15) is 0 Å². The first-order chi connectivity index (χ1) is 9.78. The van der Waals surface area contributed by atoms with Gasteiger partial charge in [-0.3, -0.25) is 4.90 Å². The minimum Gasteiger partial charge on any atom is -0.492 e. The van der Waals surface area contributed by atoms with Gasteiger partial charge in [-0.15, -0.1) is 0 Å². The van der Waals surface area contributed by atoms with Crippen LogP contribution in [0, 0.1) is 0 Å². The number of rotatable bonds is 7. The van der Waals surface area contributed by atoms with E-state index in [0.29, 0.717) is 6.61 Å². The van der Waals surface area contributed by atoms with Gasteiger partial charge in [0, 0.05) is 38.4 Å². The van der Waals surface area contributed by atoms with Crippen LogP contribution in [0.1, 0.15) is 6.42 Å². The van der Waals surface area contributed by atoms with E-state index in [1.165, 1.54) is 0 Å². The molecule has 1 saturated heterocycles. The van der Waals surface area contributed by atoms with Crippen molar-refractivity contribution in [2.45, 2.75) is 12.5 Å². The first-order valence-corrected chi connectivity index (χ1v) is 7.37. The number of benzene rings is 1. The molecule has 1 heterocycles. The summed E-state index contributed by atoms with van der Waals surface area (Å²) in [6.07, 6.45) is 1.23. The second kappa shape index (κ2) is 8.47. The summed E-state index contributed by atoms with van der Waals surface area (Å²) >= 11 is 5.84. The van der Waals surface area contributed by atoms with E-state index in [1.54, 1.807) is 7.11 Å². The molecule has 1 aliphatic rings. The van der Waals surface area contributed by atoms with Crippen molar-refractivity contribution in [1.29, 1.82) is 0 Å². The third-order valence-corrected chi connectivity index (χ3v) is 3.61. The third kappa shape index (κ3) is 5.29. The first kappa shape index (κ1) is 15.6. The number of morpholine rings is 1. The highest BCUT2D eigenvalue weighted by Crippen LogP contribution is 2.15. The van der Waals surface area contributed by atoms with Gasteiger partial charge in [0.1, 0.15) is 12.4 Å². The number of ether oxygens (including phenoxy) is 3. The summed E-state index contributed by atoms with van der Waals surface area (Å²) in [5.74, 6) is 0.860. The number of hydrogen-bond donors (Lipinski definition) is 0. The maximum atomic E-state index is 5.84. The van der Waals surface area contributed by atoms with Crippen LogP contribution in [0.25, 0.3) is 0 Å². The Labute approximate surface area is 125 Å². The van der Waals surface area contributed by atoms with Gasteiger partial charge in [0.15, 0.2) is 0 Å². The summed E-state index contributed by atoms with van der Waals surface area (Å²) in [6.45, 7) is 5.05. The van der Waals surface area contributed by atoms with Crippen LogP contribution in [0.2, 0.25) is 5.02 Å². The van der Waals surface area contributed by atoms with Gasteiger partial charge >= 0.3 is 0 Å². The van der Waals surface area contributed by atoms with Gasteiger partial charge in [-0.1, -0.05) is 11.6 Å². The molecule has 0 bridgehead atoms. The van der Waals surface area contributed by atoms with E-state index in [1.807, 2.05) is 24.3 Å². The van der Waals surface area contributed by atoms with Gasteiger partial charge in [0.25, 0.3) is 0 Å². The van der Waals surface area contributed by atoms with E-state index in [-0.39, 0.29) is 6.10 Å². The van der Waals surface area contributed by atoms with E-state index in [2.05, 4.69) is 4.90 Å². The van der Waals surface area contributed by atoms with Crippen molar-refractivity contribution >= 4 is 11.6 Å². The summed E-state index contributed by atoms with van der Waals surface area (Å²) in [4.78, 5) is 2.37. The zero-order chi connectivity index (χ0) is 14.2. The van der Waals surface area contributed by atoms with Gasteiger partial charge in [0.2, 0.25) is 0 Å². The molecule has 1 fully saturated rings. The molecule has 1 atom stereocenters. The molecule has 20 heavy (non-hydrogen) atoms. The molecule has 2 rings (SSSR count). The lowest BCUT2D eigenvalue weighted by Gasteiger charge is -2.32. The topological polar surface area (TPSA) is 30.9 Å². The molecule has 0 N–H and O–H groups in total. The number of halogens is 1. The lowest BCUT2D eigenvalue weighted by molar-refractivity contribution is -0.0430. The van der Waals surface area contributed by atoms with Crippen molar-refractivity contribution in [2.75, 3.05) is 46.6 Å². The van der Waals surface area contributed by atoms with Crippen LogP contribution < -0.4 is 4.74 Å². The van der Waals surface area contributed by atoms with Crippen molar-refractivity contribution in [3.63, 3.8) is 0 Å². The van der Waals surface area contributed by atoms with Gasteiger partial charge in [-0.05, 0) is 30.7 Å². The monoisotopic (exact) mass is 299 g/mol. The van der Waals surface area contributed by atoms with Crippen molar-refractivity contribution in [3.05, 3.63) is 29.3 Å². The molecule has 0 amide bonds. The quantitative estimate of drug-likeness (QED) is 0.774. The SMILES string of the molecule is COCCC1CN(CCOc2ccc(Cl)cc2)CCO1. The van der Waals surface area contributed by atoms with Gasteiger partial charge < -0.3 is 14.2 Å². The molecule has 5 heteroatoms. The Morgan fingerprint density at radius 2 is 2.10 bits per heavy atom. The van der Waals surface area contributed by atoms with Crippen LogP contribution in [0.3, 0.4) is 0 Å². The largest absolute Gasteiger partial charge is 0.492 e. The van der Waals surface area contributed by atoms with Gasteiger partial charge in [-0.2, -0.15) is 0 Å². The van der Waals surface area contributed by atoms with E-state index >= 15 is 0 Å². The van der Waals surface area contributed by atoms with Crippen LogP contribution >= 0.6 is 11.6 Å². The minimum atomic E-state index is 0.277. The van der Waals surface area contributed by atoms with E-state index in [0.717, 1.165) is 50.0 Å². The van der Waals surface area contributed by atoms with Crippen LogP contribution in [0.5, 0.6) is 5.75 Å². The Hall–Kier alpha value is -0.810. The molecule has 0 aliphatic carbocycles. The molecule has 4 nitrogen and oxygen atoms in total. The molecule has 0 spiro atoms. The summed E-state index contributed by atoms with van der Waals surface area (Å²) in [5.41, 5.74) is 0. The Balaban J connectivity index is 1.67. The molecule has 0 aromatic heterocycles. The molecular formula is C15H22ClNO3. The van der Waals surface area contributed by atoms with E-state index < -0.39 is 0 Å². The predicted octanol–water partition coefficient (Wildman–Crippen LogP) is 2.46. The molecule has 1 unspecified atom stereocenters. The fraction of sp³-hybridized carbons (Fsp3) is 0.600. The third-order valence-electron chi connectivity index (χ3n) is 3.36. The lowest BCUT2D eigenvalue weighted by atomic mass is 10.2. The zero-order valence-corrected chi connectivity index (χ0v) is 12.6. The second-order valence-electron chi connectivity index (χ2n) is 4.88. The molecule has 0 radical (unpaired) electrons. The minimum absolute atomic E-state index is 0.277. The second-order valence-corrected chi connectivity index (χ2v) is 5.31. The molecule has 1 aromatic carbocycles. The highest BCUT2D eigenvalue weighted by Gasteiger charge is 2.19. The van der Waals surface area contributed by atoms with Crippen molar-refractivity contribution in [1.82, 2.24) is 4.90 Å². The normalized spacial score (nSPS) is 20.0. The van der Waals surface area contributed by atoms with Crippen LogP contribution in [0.15, 0.2) is 24.3 Å². The highest BCUT2D eigenvalue weighted by atomic mass is 35.5. The van der Waals surface area contributed by atoms with Gasteiger partial charge in [-0.25, -0.2) is 0 Å². The zero-order valence-electron chi connectivity index (χ0n) is 11.9. The lowest BCUT2D eigenvalue weighted by Crippen LogP contribution is -2.44. The Bertz CT molecular complexity index is 385. The Morgan fingerprint density at radius 1 is 1.30 bits per heavy atom.